The van der Waals surface area contributed by atoms with Gasteiger partial charge in [-0.15, -0.1) is 0 Å². The third-order valence-electron chi connectivity index (χ3n) is 2.02. The zero-order valence-electron chi connectivity index (χ0n) is 8.78. The van der Waals surface area contributed by atoms with E-state index in [0.29, 0.717) is 6.07 Å². The third kappa shape index (κ3) is 2.63. The molecule has 0 amide bonds. The number of hydrogen-bond acceptors (Lipinski definition) is 2. The molecule has 0 heterocycles. The first kappa shape index (κ1) is 12.8. The van der Waals surface area contributed by atoms with E-state index in [2.05, 4.69) is 5.32 Å². The average molecular weight is 237 g/mol. The maximum absolute atomic E-state index is 13.3. The van der Waals surface area contributed by atoms with E-state index in [0.717, 1.165) is 6.07 Å². The van der Waals surface area contributed by atoms with E-state index < -0.39 is 17.6 Å². The molecule has 0 aliphatic rings. The van der Waals surface area contributed by atoms with Crippen LogP contribution in [0.3, 0.4) is 0 Å². The summed E-state index contributed by atoms with van der Waals surface area (Å²) in [5, 5.41) is 2.65. The third-order valence-corrected chi connectivity index (χ3v) is 2.02. The van der Waals surface area contributed by atoms with Gasteiger partial charge in [-0.1, -0.05) is 0 Å². The van der Waals surface area contributed by atoms with E-state index in [4.69, 9.17) is 4.74 Å². The maximum atomic E-state index is 13.3. The first-order valence-corrected chi connectivity index (χ1v) is 4.48. The van der Waals surface area contributed by atoms with Crippen molar-refractivity contribution in [2.75, 3.05) is 14.2 Å². The highest BCUT2D eigenvalue weighted by Crippen LogP contribution is 2.34. The summed E-state index contributed by atoms with van der Waals surface area (Å²) in [4.78, 5) is 0. The minimum atomic E-state index is -4.56. The van der Waals surface area contributed by atoms with Crippen LogP contribution in [-0.2, 0) is 12.7 Å². The van der Waals surface area contributed by atoms with Crippen molar-refractivity contribution in [1.29, 1.82) is 0 Å². The Bertz CT molecular complexity index is 376. The highest BCUT2D eigenvalue weighted by atomic mass is 19.4. The molecule has 0 spiro atoms. The van der Waals surface area contributed by atoms with Crippen LogP contribution in [0.4, 0.5) is 17.6 Å². The van der Waals surface area contributed by atoms with Crippen LogP contribution in [0.15, 0.2) is 12.1 Å². The molecule has 0 aliphatic carbocycles. The van der Waals surface area contributed by atoms with Gasteiger partial charge in [0, 0.05) is 12.1 Å². The van der Waals surface area contributed by atoms with Crippen LogP contribution >= 0.6 is 0 Å². The second kappa shape index (κ2) is 4.69. The molecular formula is C10H11F4NO. The number of alkyl halides is 3. The highest BCUT2D eigenvalue weighted by Gasteiger charge is 2.32. The molecule has 1 aromatic rings. The van der Waals surface area contributed by atoms with Crippen LogP contribution in [0.2, 0.25) is 0 Å². The van der Waals surface area contributed by atoms with Gasteiger partial charge in [0.1, 0.15) is 0 Å². The molecule has 0 saturated heterocycles. The molecule has 1 rings (SSSR count). The minimum absolute atomic E-state index is 0.101. The van der Waals surface area contributed by atoms with E-state index in [1.807, 2.05) is 0 Å². The number of rotatable bonds is 3. The van der Waals surface area contributed by atoms with Crippen LogP contribution in [0, 0.1) is 5.82 Å². The summed E-state index contributed by atoms with van der Waals surface area (Å²) in [5.74, 6) is -1.18. The summed E-state index contributed by atoms with van der Waals surface area (Å²) in [6.45, 7) is 0.101. The highest BCUT2D eigenvalue weighted by molar-refractivity contribution is 5.39. The van der Waals surface area contributed by atoms with E-state index in [-0.39, 0.29) is 17.9 Å². The smallest absolute Gasteiger partial charge is 0.416 e. The lowest BCUT2D eigenvalue weighted by Gasteiger charge is -2.13. The van der Waals surface area contributed by atoms with Crippen molar-refractivity contribution >= 4 is 0 Å². The van der Waals surface area contributed by atoms with Gasteiger partial charge in [-0.3, -0.25) is 0 Å². The molecule has 1 aromatic carbocycles. The lowest BCUT2D eigenvalue weighted by atomic mass is 10.1. The summed E-state index contributed by atoms with van der Waals surface area (Å²) >= 11 is 0. The Hall–Kier alpha value is -1.30. The molecule has 2 nitrogen and oxygen atoms in total. The lowest BCUT2D eigenvalue weighted by molar-refractivity contribution is -0.137. The van der Waals surface area contributed by atoms with Gasteiger partial charge < -0.3 is 10.1 Å². The van der Waals surface area contributed by atoms with Gasteiger partial charge in [-0.05, 0) is 19.2 Å². The van der Waals surface area contributed by atoms with Gasteiger partial charge in [0.05, 0.1) is 12.7 Å². The van der Waals surface area contributed by atoms with E-state index in [1.54, 1.807) is 7.05 Å². The van der Waals surface area contributed by atoms with E-state index in [9.17, 15) is 17.6 Å². The number of benzene rings is 1. The van der Waals surface area contributed by atoms with Crippen molar-refractivity contribution in [3.8, 4) is 5.75 Å². The van der Waals surface area contributed by atoms with Crippen LogP contribution in [0.5, 0.6) is 5.75 Å². The lowest BCUT2D eigenvalue weighted by Crippen LogP contribution is -2.12. The fourth-order valence-corrected chi connectivity index (χ4v) is 1.36. The van der Waals surface area contributed by atoms with Crippen molar-refractivity contribution in [3.05, 3.63) is 29.1 Å². The first-order valence-electron chi connectivity index (χ1n) is 4.48. The topological polar surface area (TPSA) is 21.3 Å². The van der Waals surface area contributed by atoms with Crippen molar-refractivity contribution in [3.63, 3.8) is 0 Å². The Morgan fingerprint density at radius 3 is 2.38 bits per heavy atom. The van der Waals surface area contributed by atoms with E-state index in [1.165, 1.54) is 7.11 Å². The molecule has 0 saturated carbocycles. The van der Waals surface area contributed by atoms with Gasteiger partial charge in [-0.2, -0.15) is 13.2 Å². The Balaban J connectivity index is 3.28. The predicted octanol–water partition coefficient (Wildman–Crippen LogP) is 2.57. The number of nitrogens with one attached hydrogen (secondary N) is 1. The number of methoxy groups -OCH3 is 1. The quantitative estimate of drug-likeness (QED) is 0.816. The zero-order chi connectivity index (χ0) is 12.3. The molecule has 16 heavy (non-hydrogen) atoms. The summed E-state index contributed by atoms with van der Waals surface area (Å²) in [6.07, 6.45) is -4.56. The maximum Gasteiger partial charge on any atom is 0.416 e. The number of halogens is 4. The Kier molecular flexibility index (Phi) is 3.74. The van der Waals surface area contributed by atoms with Crippen molar-refractivity contribution in [2.45, 2.75) is 12.7 Å². The van der Waals surface area contributed by atoms with Gasteiger partial charge in [0.15, 0.2) is 11.6 Å². The molecule has 0 aromatic heterocycles. The fourth-order valence-electron chi connectivity index (χ4n) is 1.36. The summed E-state index contributed by atoms with van der Waals surface area (Å²) < 4.78 is 55.2. The van der Waals surface area contributed by atoms with Gasteiger partial charge in [-0.25, -0.2) is 4.39 Å². The second-order valence-corrected chi connectivity index (χ2v) is 3.18. The Labute approximate surface area is 90.2 Å². The van der Waals surface area contributed by atoms with Crippen molar-refractivity contribution in [2.24, 2.45) is 0 Å². The van der Waals surface area contributed by atoms with Crippen molar-refractivity contribution in [1.82, 2.24) is 5.32 Å². The van der Waals surface area contributed by atoms with Crippen LogP contribution in [-0.4, -0.2) is 14.2 Å². The standard InChI is InChI=1S/C10H11F4NO/c1-15-5-6-3-7(10(12,13)14)4-8(11)9(6)16-2/h3-4,15H,5H2,1-2H3. The predicted molar refractivity (Wildman–Crippen MR) is 50.7 cm³/mol. The van der Waals surface area contributed by atoms with Crippen LogP contribution < -0.4 is 10.1 Å². The first-order chi connectivity index (χ1) is 7.40. The molecule has 1 N–H and O–H groups in total. The van der Waals surface area contributed by atoms with Gasteiger partial charge in [0.2, 0.25) is 0 Å². The minimum Gasteiger partial charge on any atom is -0.493 e. The molecule has 0 atom stereocenters. The fraction of sp³-hybridized carbons (Fsp3) is 0.400. The summed E-state index contributed by atoms with van der Waals surface area (Å²) in [7, 11) is 2.77. The zero-order valence-corrected chi connectivity index (χ0v) is 8.78. The molecular weight excluding hydrogens is 226 g/mol. The Morgan fingerprint density at radius 1 is 1.31 bits per heavy atom. The second-order valence-electron chi connectivity index (χ2n) is 3.18. The molecule has 90 valence electrons. The van der Waals surface area contributed by atoms with E-state index >= 15 is 0 Å². The Morgan fingerprint density at radius 2 is 1.94 bits per heavy atom. The molecule has 0 unspecified atom stereocenters. The molecule has 6 heteroatoms. The monoisotopic (exact) mass is 237 g/mol. The largest absolute Gasteiger partial charge is 0.493 e. The van der Waals surface area contributed by atoms with Crippen LogP contribution in [0.25, 0.3) is 0 Å². The van der Waals surface area contributed by atoms with Gasteiger partial charge in [0.25, 0.3) is 0 Å². The van der Waals surface area contributed by atoms with Gasteiger partial charge >= 0.3 is 6.18 Å². The SMILES string of the molecule is CNCc1cc(C(F)(F)F)cc(F)c1OC. The molecule has 0 bridgehead atoms. The number of ether oxygens (including phenoxy) is 1. The summed E-state index contributed by atoms with van der Waals surface area (Å²) in [6, 6.07) is 1.30. The average Bonchev–Trinajstić information content (AvgIpc) is 2.16. The molecule has 0 aliphatic heterocycles. The molecule has 0 fully saturated rings. The van der Waals surface area contributed by atoms with Crippen LogP contribution in [0.1, 0.15) is 11.1 Å². The normalized spacial score (nSPS) is 11.6. The summed E-state index contributed by atoms with van der Waals surface area (Å²) in [5.41, 5.74) is -0.881. The number of hydrogen-bond donors (Lipinski definition) is 1. The van der Waals surface area contributed by atoms with Crippen molar-refractivity contribution < 1.29 is 22.3 Å². The molecule has 0 radical (unpaired) electrons.